The summed E-state index contributed by atoms with van der Waals surface area (Å²) in [4.78, 5) is 7.84. The van der Waals surface area contributed by atoms with Gasteiger partial charge in [0.05, 0.1) is 12.3 Å². The molecule has 0 amide bonds. The monoisotopic (exact) mass is 381 g/mol. The van der Waals surface area contributed by atoms with Crippen molar-refractivity contribution < 1.29 is 0 Å². The highest BCUT2D eigenvalue weighted by Gasteiger charge is 2.29. The molecule has 3 rings (SSSR count). The molecule has 3 heterocycles. The lowest BCUT2D eigenvalue weighted by molar-refractivity contribution is 0.562. The van der Waals surface area contributed by atoms with Crippen LogP contribution < -0.4 is 5.73 Å². The van der Waals surface area contributed by atoms with Crippen LogP contribution in [0.25, 0.3) is 9.98 Å². The minimum Gasteiger partial charge on any atom is -0.382 e. The first kappa shape index (κ1) is 18.6. The van der Waals surface area contributed by atoms with Crippen LogP contribution >= 0.6 is 11.3 Å². The van der Waals surface area contributed by atoms with Crippen molar-refractivity contribution in [2.24, 2.45) is 10.2 Å². The van der Waals surface area contributed by atoms with Gasteiger partial charge in [0.25, 0.3) is 5.69 Å². The molecule has 9 nitrogen and oxygen atoms in total. The Morgan fingerprint density at radius 2 is 1.93 bits per heavy atom. The lowest BCUT2D eigenvalue weighted by atomic mass is 9.91. The fourth-order valence-electron chi connectivity index (χ4n) is 2.36. The third kappa shape index (κ3) is 3.68. The van der Waals surface area contributed by atoms with Crippen LogP contribution in [0.1, 0.15) is 37.2 Å². The predicted molar refractivity (Wildman–Crippen MR) is 104 cm³/mol. The SMILES string of the molecule is [C-]#[N+]c1c(C(C)(C)C)nn(-c2nnc(C)s2)c1N=Nc1ccc(C)nc1N. The first-order valence-corrected chi connectivity index (χ1v) is 8.98. The largest absolute Gasteiger partial charge is 0.382 e. The van der Waals surface area contributed by atoms with Gasteiger partial charge in [-0.25, -0.2) is 9.83 Å². The maximum absolute atomic E-state index is 7.64. The van der Waals surface area contributed by atoms with Gasteiger partial charge in [0.2, 0.25) is 5.13 Å². The molecule has 138 valence electrons. The van der Waals surface area contributed by atoms with Crippen LogP contribution in [0.3, 0.4) is 0 Å². The topological polar surface area (TPSA) is 112 Å². The van der Waals surface area contributed by atoms with Gasteiger partial charge in [-0.05, 0) is 31.4 Å². The van der Waals surface area contributed by atoms with Crippen molar-refractivity contribution in [1.29, 1.82) is 0 Å². The van der Waals surface area contributed by atoms with E-state index in [9.17, 15) is 0 Å². The molecule has 3 aromatic rings. The van der Waals surface area contributed by atoms with Crippen LogP contribution in [-0.2, 0) is 5.41 Å². The van der Waals surface area contributed by atoms with Gasteiger partial charge in [0.15, 0.2) is 11.6 Å². The Hall–Kier alpha value is -3.19. The van der Waals surface area contributed by atoms with E-state index in [1.54, 1.807) is 12.1 Å². The Bertz CT molecular complexity index is 1060. The van der Waals surface area contributed by atoms with Crippen molar-refractivity contribution in [2.75, 3.05) is 5.73 Å². The van der Waals surface area contributed by atoms with Crippen molar-refractivity contribution in [1.82, 2.24) is 25.0 Å². The summed E-state index contributed by atoms with van der Waals surface area (Å²) in [5.41, 5.74) is 7.73. The first-order chi connectivity index (χ1) is 12.7. The van der Waals surface area contributed by atoms with Gasteiger partial charge in [-0.3, -0.25) is 0 Å². The zero-order valence-corrected chi connectivity index (χ0v) is 16.5. The molecule has 0 radical (unpaired) electrons. The second-order valence-electron chi connectivity index (χ2n) is 6.96. The van der Waals surface area contributed by atoms with E-state index in [1.807, 2.05) is 34.6 Å². The molecule has 0 spiro atoms. The third-order valence-electron chi connectivity index (χ3n) is 3.65. The number of nitrogen functional groups attached to an aromatic ring is 1. The fourth-order valence-corrected chi connectivity index (χ4v) is 3.00. The van der Waals surface area contributed by atoms with E-state index in [0.29, 0.717) is 28.0 Å². The Morgan fingerprint density at radius 3 is 2.48 bits per heavy atom. The van der Waals surface area contributed by atoms with E-state index in [4.69, 9.17) is 12.3 Å². The molecule has 0 aromatic carbocycles. The summed E-state index contributed by atoms with van der Waals surface area (Å²) < 4.78 is 1.51. The van der Waals surface area contributed by atoms with Crippen LogP contribution in [0.4, 0.5) is 23.0 Å². The number of aromatic nitrogens is 5. The zero-order chi connectivity index (χ0) is 19.8. The van der Waals surface area contributed by atoms with E-state index in [1.165, 1.54) is 16.0 Å². The maximum atomic E-state index is 7.64. The number of azo groups is 1. The molecule has 0 fully saturated rings. The number of aryl methyl sites for hydroxylation is 2. The number of anilines is 1. The summed E-state index contributed by atoms with van der Waals surface area (Å²) >= 11 is 1.36. The van der Waals surface area contributed by atoms with E-state index >= 15 is 0 Å². The molecule has 0 aliphatic rings. The molecule has 0 saturated carbocycles. The van der Waals surface area contributed by atoms with Crippen LogP contribution in [0.2, 0.25) is 0 Å². The van der Waals surface area contributed by atoms with Crippen molar-refractivity contribution >= 4 is 34.3 Å². The molecule has 2 N–H and O–H groups in total. The van der Waals surface area contributed by atoms with Crippen molar-refractivity contribution in [3.63, 3.8) is 0 Å². The van der Waals surface area contributed by atoms with Crippen LogP contribution in [0.5, 0.6) is 0 Å². The van der Waals surface area contributed by atoms with Gasteiger partial charge in [0, 0.05) is 5.69 Å². The summed E-state index contributed by atoms with van der Waals surface area (Å²) in [6.07, 6.45) is 0. The predicted octanol–water partition coefficient (Wildman–Crippen LogP) is 4.58. The van der Waals surface area contributed by atoms with Gasteiger partial charge in [-0.1, -0.05) is 32.1 Å². The second-order valence-corrected chi connectivity index (χ2v) is 8.12. The van der Waals surface area contributed by atoms with Crippen LogP contribution in [0.15, 0.2) is 22.4 Å². The molecule has 0 aliphatic heterocycles. The lowest BCUT2D eigenvalue weighted by Crippen LogP contribution is -2.12. The number of hydrogen-bond donors (Lipinski definition) is 1. The minimum absolute atomic E-state index is 0.275. The molecule has 3 aromatic heterocycles. The number of nitrogens with two attached hydrogens (primary N) is 1. The summed E-state index contributed by atoms with van der Waals surface area (Å²) in [7, 11) is 0. The average molecular weight is 381 g/mol. The lowest BCUT2D eigenvalue weighted by Gasteiger charge is -2.15. The van der Waals surface area contributed by atoms with Gasteiger partial charge in [0.1, 0.15) is 10.7 Å². The smallest absolute Gasteiger partial charge is 0.255 e. The highest BCUT2D eigenvalue weighted by atomic mass is 32.1. The Balaban J connectivity index is 2.19. The average Bonchev–Trinajstić information content (AvgIpc) is 3.16. The normalized spacial score (nSPS) is 11.9. The molecule has 0 bridgehead atoms. The van der Waals surface area contributed by atoms with E-state index < -0.39 is 0 Å². The van der Waals surface area contributed by atoms with Crippen LogP contribution in [-0.4, -0.2) is 25.0 Å². The quantitative estimate of drug-likeness (QED) is 0.527. The molecular weight excluding hydrogens is 362 g/mol. The highest BCUT2D eigenvalue weighted by Crippen LogP contribution is 2.41. The fraction of sp³-hybridized carbons (Fsp3) is 0.353. The molecule has 10 heteroatoms. The Kier molecular flexibility index (Phi) is 4.72. The van der Waals surface area contributed by atoms with Crippen molar-refractivity contribution in [3.05, 3.63) is 39.9 Å². The van der Waals surface area contributed by atoms with E-state index in [2.05, 4.69) is 35.4 Å². The summed E-state index contributed by atoms with van der Waals surface area (Å²) in [5.74, 6) is 0.572. The molecular formula is C17H19N9S. The van der Waals surface area contributed by atoms with E-state index in [-0.39, 0.29) is 11.2 Å². The summed E-state index contributed by atoms with van der Waals surface area (Å²) in [6.45, 7) is 17.3. The summed E-state index contributed by atoms with van der Waals surface area (Å²) in [5, 5.41) is 22.6. The van der Waals surface area contributed by atoms with Gasteiger partial charge < -0.3 is 5.73 Å². The van der Waals surface area contributed by atoms with Crippen molar-refractivity contribution in [3.8, 4) is 5.13 Å². The molecule has 0 aliphatic carbocycles. The number of nitrogens with zero attached hydrogens (tertiary/aromatic N) is 8. The van der Waals surface area contributed by atoms with Gasteiger partial charge in [-0.15, -0.1) is 20.4 Å². The first-order valence-electron chi connectivity index (χ1n) is 8.17. The molecule has 27 heavy (non-hydrogen) atoms. The van der Waals surface area contributed by atoms with Crippen molar-refractivity contribution in [2.45, 2.75) is 40.0 Å². The highest BCUT2D eigenvalue weighted by molar-refractivity contribution is 7.13. The number of pyridine rings is 1. The molecule has 0 saturated heterocycles. The number of hydrogen-bond acceptors (Lipinski definition) is 8. The Morgan fingerprint density at radius 1 is 1.19 bits per heavy atom. The van der Waals surface area contributed by atoms with Crippen LogP contribution in [0, 0.1) is 20.4 Å². The maximum Gasteiger partial charge on any atom is 0.255 e. The second kappa shape index (κ2) is 6.85. The Labute approximate surface area is 160 Å². The van der Waals surface area contributed by atoms with Gasteiger partial charge in [-0.2, -0.15) is 9.78 Å². The standard InChI is InChI=1S/C17H19N9S/c1-9-7-8-11(14(18)20-9)22-23-15-12(19-6)13(17(3,4)5)25-26(15)16-24-21-10(2)27-16/h7-8H,1-5H3,(H2,18,20). The third-order valence-corrected chi connectivity index (χ3v) is 4.46. The number of rotatable bonds is 3. The zero-order valence-electron chi connectivity index (χ0n) is 15.7. The minimum atomic E-state index is -0.348. The van der Waals surface area contributed by atoms with E-state index in [0.717, 1.165) is 10.7 Å². The molecule has 0 unspecified atom stereocenters. The molecule has 0 atom stereocenters. The van der Waals surface area contributed by atoms with Gasteiger partial charge >= 0.3 is 0 Å². The summed E-state index contributed by atoms with van der Waals surface area (Å²) in [6, 6.07) is 3.53.